The minimum atomic E-state index is -0.990. The molecule has 0 radical (unpaired) electrons. The number of hydrogen-bond acceptors (Lipinski definition) is 3. The van der Waals surface area contributed by atoms with E-state index in [4.69, 9.17) is 4.74 Å². The summed E-state index contributed by atoms with van der Waals surface area (Å²) in [7, 11) is 0. The van der Waals surface area contributed by atoms with Gasteiger partial charge in [-0.15, -0.1) is 0 Å². The van der Waals surface area contributed by atoms with Crippen LogP contribution >= 0.6 is 0 Å². The van der Waals surface area contributed by atoms with E-state index < -0.39 is 5.60 Å². The van der Waals surface area contributed by atoms with Gasteiger partial charge < -0.3 is 14.9 Å². The molecule has 3 rings (SSSR count). The van der Waals surface area contributed by atoms with E-state index in [2.05, 4.69) is 13.8 Å². The Morgan fingerprint density at radius 3 is 2.61 bits per heavy atom. The lowest BCUT2D eigenvalue weighted by Crippen LogP contribution is -2.38. The topological polar surface area (TPSA) is 53.0 Å². The van der Waals surface area contributed by atoms with Gasteiger partial charge in [0, 0.05) is 5.92 Å². The van der Waals surface area contributed by atoms with Crippen LogP contribution in [0.2, 0.25) is 0 Å². The summed E-state index contributed by atoms with van der Waals surface area (Å²) in [5.74, 6) is 1.01. The molecule has 98 valence electrons. The fourth-order valence-electron chi connectivity index (χ4n) is 3.35. The average molecular weight is 248 g/mol. The van der Waals surface area contributed by atoms with Gasteiger partial charge in [0.1, 0.15) is 17.5 Å². The molecule has 0 saturated carbocycles. The predicted molar refractivity (Wildman–Crippen MR) is 68.7 cm³/mol. The van der Waals surface area contributed by atoms with Gasteiger partial charge in [0.15, 0.2) is 0 Å². The van der Waals surface area contributed by atoms with Crippen molar-refractivity contribution < 1.29 is 14.9 Å². The summed E-state index contributed by atoms with van der Waals surface area (Å²) in [6.07, 6.45) is -0.00375. The lowest BCUT2D eigenvalue weighted by atomic mass is 9.70. The number of benzene rings is 1. The van der Waals surface area contributed by atoms with E-state index in [1.807, 2.05) is 13.0 Å². The van der Waals surface area contributed by atoms with Crippen molar-refractivity contribution in [2.24, 2.45) is 5.92 Å². The monoisotopic (exact) mass is 248 g/mol. The minimum absolute atomic E-state index is 0.122. The van der Waals surface area contributed by atoms with Crippen molar-refractivity contribution in [2.75, 3.05) is 0 Å². The summed E-state index contributed by atoms with van der Waals surface area (Å²) in [4.78, 5) is 0. The van der Waals surface area contributed by atoms with Crippen molar-refractivity contribution >= 4 is 0 Å². The molecule has 0 spiro atoms. The SMILES string of the molecule is Cc1cc2c(cc1O)[C@@](C)(O)[C@H]1O[C@@H]1[C@@H]2C(C)C. The Balaban J connectivity index is 2.21. The first kappa shape index (κ1) is 12.0. The Morgan fingerprint density at radius 2 is 2.00 bits per heavy atom. The predicted octanol–water partition coefficient (Wildman–Crippen LogP) is 2.43. The van der Waals surface area contributed by atoms with Crippen LogP contribution in [0.5, 0.6) is 5.75 Å². The largest absolute Gasteiger partial charge is 0.508 e. The molecular weight excluding hydrogens is 228 g/mol. The van der Waals surface area contributed by atoms with Gasteiger partial charge in [-0.05, 0) is 42.5 Å². The number of rotatable bonds is 1. The number of aliphatic hydroxyl groups is 1. The molecule has 0 bridgehead atoms. The van der Waals surface area contributed by atoms with E-state index in [9.17, 15) is 10.2 Å². The van der Waals surface area contributed by atoms with Crippen molar-refractivity contribution in [3.05, 3.63) is 28.8 Å². The van der Waals surface area contributed by atoms with E-state index in [1.54, 1.807) is 13.0 Å². The van der Waals surface area contributed by atoms with Gasteiger partial charge in [0.25, 0.3) is 0 Å². The highest BCUT2D eigenvalue weighted by Gasteiger charge is 2.61. The molecule has 18 heavy (non-hydrogen) atoms. The van der Waals surface area contributed by atoms with Gasteiger partial charge in [0.2, 0.25) is 0 Å². The molecule has 2 aliphatic rings. The van der Waals surface area contributed by atoms with Gasteiger partial charge in [-0.2, -0.15) is 0 Å². The summed E-state index contributed by atoms with van der Waals surface area (Å²) < 4.78 is 5.70. The summed E-state index contributed by atoms with van der Waals surface area (Å²) >= 11 is 0. The molecule has 1 heterocycles. The number of ether oxygens (including phenoxy) is 1. The van der Waals surface area contributed by atoms with Crippen molar-refractivity contribution in [1.29, 1.82) is 0 Å². The van der Waals surface area contributed by atoms with Crippen LogP contribution in [-0.4, -0.2) is 22.4 Å². The Morgan fingerprint density at radius 1 is 1.33 bits per heavy atom. The van der Waals surface area contributed by atoms with E-state index in [-0.39, 0.29) is 18.0 Å². The van der Waals surface area contributed by atoms with Gasteiger partial charge in [-0.25, -0.2) is 0 Å². The number of fused-ring (bicyclic) bond motifs is 2. The minimum Gasteiger partial charge on any atom is -0.508 e. The Labute approximate surface area is 107 Å². The fourth-order valence-corrected chi connectivity index (χ4v) is 3.35. The highest BCUT2D eigenvalue weighted by Crippen LogP contribution is 2.55. The molecule has 0 unspecified atom stereocenters. The number of phenols is 1. The van der Waals surface area contributed by atoms with Crippen molar-refractivity contribution in [3.63, 3.8) is 0 Å². The highest BCUT2D eigenvalue weighted by atomic mass is 16.6. The summed E-state index contributed by atoms with van der Waals surface area (Å²) in [5, 5.41) is 20.5. The van der Waals surface area contributed by atoms with Crippen LogP contribution in [0.4, 0.5) is 0 Å². The molecule has 4 atom stereocenters. The maximum absolute atomic E-state index is 10.6. The quantitative estimate of drug-likeness (QED) is 0.750. The molecule has 3 nitrogen and oxygen atoms in total. The maximum Gasteiger partial charge on any atom is 0.118 e. The number of hydrogen-bond donors (Lipinski definition) is 2. The third-order valence-corrected chi connectivity index (χ3v) is 4.42. The number of epoxide rings is 1. The number of aromatic hydroxyl groups is 1. The number of phenolic OH excluding ortho intramolecular Hbond substituents is 1. The second kappa shape index (κ2) is 3.49. The molecule has 1 aromatic carbocycles. The maximum atomic E-state index is 10.6. The number of aryl methyl sites for hydroxylation is 1. The summed E-state index contributed by atoms with van der Waals surface area (Å²) in [5.41, 5.74) is 1.82. The first-order valence-corrected chi connectivity index (χ1v) is 6.56. The van der Waals surface area contributed by atoms with Gasteiger partial charge in [-0.3, -0.25) is 0 Å². The van der Waals surface area contributed by atoms with Crippen LogP contribution in [0.3, 0.4) is 0 Å². The first-order valence-electron chi connectivity index (χ1n) is 6.56. The second-order valence-corrected chi connectivity index (χ2v) is 6.16. The lowest BCUT2D eigenvalue weighted by Gasteiger charge is -2.34. The van der Waals surface area contributed by atoms with Crippen LogP contribution < -0.4 is 0 Å². The van der Waals surface area contributed by atoms with E-state index in [0.717, 1.165) is 16.7 Å². The molecule has 1 aromatic rings. The fraction of sp³-hybridized carbons (Fsp3) is 0.600. The van der Waals surface area contributed by atoms with Gasteiger partial charge in [0.05, 0.1) is 6.10 Å². The Hall–Kier alpha value is -1.06. The van der Waals surface area contributed by atoms with E-state index in [1.165, 1.54) is 0 Å². The molecule has 1 fully saturated rings. The Kier molecular flexibility index (Phi) is 2.32. The molecule has 0 aromatic heterocycles. The second-order valence-electron chi connectivity index (χ2n) is 6.16. The van der Waals surface area contributed by atoms with Crippen LogP contribution in [0, 0.1) is 12.8 Å². The van der Waals surface area contributed by atoms with E-state index in [0.29, 0.717) is 11.8 Å². The smallest absolute Gasteiger partial charge is 0.118 e. The molecule has 1 saturated heterocycles. The highest BCUT2D eigenvalue weighted by molar-refractivity contribution is 5.50. The third-order valence-electron chi connectivity index (χ3n) is 4.42. The zero-order chi connectivity index (χ0) is 13.2. The molecule has 3 heteroatoms. The van der Waals surface area contributed by atoms with Crippen molar-refractivity contribution in [1.82, 2.24) is 0 Å². The standard InChI is InChI=1S/C15H20O3/c1-7(2)12-9-5-8(3)11(16)6-10(9)15(4,17)14-13(12)18-14/h5-7,12-14,16-17H,1-4H3/t12-,13-,14+,15-/m1/s1. The summed E-state index contributed by atoms with van der Waals surface area (Å²) in [6, 6.07) is 3.71. The normalized spacial score (nSPS) is 37.3. The van der Waals surface area contributed by atoms with Gasteiger partial charge in [-0.1, -0.05) is 19.9 Å². The van der Waals surface area contributed by atoms with E-state index >= 15 is 0 Å². The van der Waals surface area contributed by atoms with Crippen molar-refractivity contribution in [2.45, 2.75) is 51.4 Å². The molecule has 0 amide bonds. The molecular formula is C15H20O3. The van der Waals surface area contributed by atoms with Crippen LogP contribution in [0.15, 0.2) is 12.1 Å². The van der Waals surface area contributed by atoms with Crippen molar-refractivity contribution in [3.8, 4) is 5.75 Å². The zero-order valence-electron chi connectivity index (χ0n) is 11.3. The average Bonchev–Trinajstić information content (AvgIpc) is 3.02. The van der Waals surface area contributed by atoms with Crippen LogP contribution in [0.1, 0.15) is 43.4 Å². The molecule has 2 N–H and O–H groups in total. The third kappa shape index (κ3) is 1.44. The first-order chi connectivity index (χ1) is 8.34. The van der Waals surface area contributed by atoms with Crippen LogP contribution in [-0.2, 0) is 10.3 Å². The Bertz CT molecular complexity index is 505. The molecule has 1 aliphatic heterocycles. The lowest BCUT2D eigenvalue weighted by molar-refractivity contribution is 0.0233. The zero-order valence-corrected chi connectivity index (χ0v) is 11.3. The molecule has 1 aliphatic carbocycles. The summed E-state index contributed by atoms with van der Waals surface area (Å²) in [6.45, 7) is 8.02. The van der Waals surface area contributed by atoms with Crippen LogP contribution in [0.25, 0.3) is 0 Å². The van der Waals surface area contributed by atoms with Gasteiger partial charge >= 0.3 is 0 Å².